The number of nitrogens with zero attached hydrogens (tertiary/aromatic N) is 5. The number of aromatic nitrogens is 3. The fraction of sp³-hybridized carbons (Fsp3) is 0.385. The molecule has 1 aliphatic rings. The Morgan fingerprint density at radius 3 is 2.60 bits per heavy atom. The van der Waals surface area contributed by atoms with Crippen LogP contribution in [0.25, 0.3) is 0 Å². The van der Waals surface area contributed by atoms with Crippen LogP contribution >= 0.6 is 0 Å². The Morgan fingerprint density at radius 2 is 1.89 bits per heavy atom. The molecule has 0 unspecified atom stereocenters. The van der Waals surface area contributed by atoms with E-state index in [1.54, 1.807) is 12.3 Å². The van der Waals surface area contributed by atoms with Crippen LogP contribution in [0.5, 0.6) is 0 Å². The fourth-order valence-corrected chi connectivity index (χ4v) is 4.15. The third kappa shape index (κ3) is 5.68. The molecule has 0 spiro atoms. The first-order valence-electron chi connectivity index (χ1n) is 12.0. The summed E-state index contributed by atoms with van der Waals surface area (Å²) in [5.74, 6) is 1.96. The number of carbonyl (C=O) groups is 1. The van der Waals surface area contributed by atoms with E-state index in [-0.39, 0.29) is 5.91 Å². The summed E-state index contributed by atoms with van der Waals surface area (Å²) in [6.07, 6.45) is 2.90. The van der Waals surface area contributed by atoms with Gasteiger partial charge < -0.3 is 25.8 Å². The lowest BCUT2D eigenvalue weighted by Gasteiger charge is -2.21. The van der Waals surface area contributed by atoms with E-state index in [1.807, 2.05) is 51.1 Å². The zero-order chi connectivity index (χ0) is 24.9. The minimum Gasteiger partial charge on any atom is -0.355 e. The second kappa shape index (κ2) is 10.7. The summed E-state index contributed by atoms with van der Waals surface area (Å²) in [5, 5.41) is 9.45. The van der Waals surface area contributed by atoms with E-state index in [1.165, 1.54) is 0 Å². The van der Waals surface area contributed by atoms with Crippen LogP contribution < -0.4 is 20.9 Å². The molecule has 9 heteroatoms. The first-order valence-corrected chi connectivity index (χ1v) is 12.0. The molecule has 1 saturated heterocycles. The van der Waals surface area contributed by atoms with Crippen LogP contribution in [-0.2, 0) is 0 Å². The number of rotatable bonds is 8. The molecule has 4 rings (SSSR count). The summed E-state index contributed by atoms with van der Waals surface area (Å²) < 4.78 is 0. The highest BCUT2D eigenvalue weighted by atomic mass is 16.1. The van der Waals surface area contributed by atoms with Gasteiger partial charge in [-0.05, 0) is 65.6 Å². The van der Waals surface area contributed by atoms with Gasteiger partial charge in [0.15, 0.2) is 0 Å². The molecule has 1 amide bonds. The quantitative estimate of drug-likeness (QED) is 0.453. The molecule has 2 aromatic heterocycles. The third-order valence-electron chi connectivity index (χ3n) is 6.27. The van der Waals surface area contributed by atoms with Gasteiger partial charge in [-0.15, -0.1) is 0 Å². The Balaban J connectivity index is 1.51. The van der Waals surface area contributed by atoms with E-state index in [0.717, 1.165) is 42.3 Å². The van der Waals surface area contributed by atoms with Gasteiger partial charge in [-0.1, -0.05) is 12.1 Å². The molecule has 0 radical (unpaired) electrons. The van der Waals surface area contributed by atoms with E-state index < -0.39 is 0 Å². The van der Waals surface area contributed by atoms with E-state index >= 15 is 0 Å². The molecule has 1 fully saturated rings. The van der Waals surface area contributed by atoms with Gasteiger partial charge in [0.05, 0.1) is 22.6 Å². The zero-order valence-electron chi connectivity index (χ0n) is 21.1. The first kappa shape index (κ1) is 24.4. The van der Waals surface area contributed by atoms with Crippen molar-refractivity contribution in [2.75, 3.05) is 49.3 Å². The lowest BCUT2D eigenvalue weighted by atomic mass is 10.1. The van der Waals surface area contributed by atoms with Crippen molar-refractivity contribution in [3.63, 3.8) is 0 Å². The van der Waals surface area contributed by atoms with Crippen molar-refractivity contribution in [1.82, 2.24) is 25.2 Å². The normalized spacial score (nSPS) is 15.4. The Kier molecular flexibility index (Phi) is 7.45. The van der Waals surface area contributed by atoms with Crippen molar-refractivity contribution in [2.24, 2.45) is 0 Å². The number of likely N-dealkylation sites (N-methyl/N-ethyl adjacent to an activating group) is 1. The molecular formula is C26H34N8O. The van der Waals surface area contributed by atoms with Crippen LogP contribution in [0, 0.1) is 13.8 Å². The predicted molar refractivity (Wildman–Crippen MR) is 141 cm³/mol. The van der Waals surface area contributed by atoms with Gasteiger partial charge >= 0.3 is 0 Å². The minimum atomic E-state index is -0.127. The molecule has 3 aromatic rings. The molecule has 1 aromatic carbocycles. The van der Waals surface area contributed by atoms with Crippen molar-refractivity contribution >= 4 is 34.9 Å². The Morgan fingerprint density at radius 1 is 1.09 bits per heavy atom. The van der Waals surface area contributed by atoms with Crippen LogP contribution in [0.15, 0.2) is 42.6 Å². The smallest absolute Gasteiger partial charge is 0.253 e. The van der Waals surface area contributed by atoms with E-state index in [9.17, 15) is 4.79 Å². The molecule has 3 heterocycles. The Hall–Kier alpha value is -3.72. The predicted octanol–water partition coefficient (Wildman–Crippen LogP) is 3.87. The average molecular weight is 475 g/mol. The number of pyridine rings is 1. The van der Waals surface area contributed by atoms with Crippen molar-refractivity contribution in [1.29, 1.82) is 0 Å². The topological polar surface area (TPSA) is 98.3 Å². The number of hydrogen-bond donors (Lipinski definition) is 3. The summed E-state index contributed by atoms with van der Waals surface area (Å²) in [5.41, 5.74) is 3.87. The number of anilines is 5. The summed E-state index contributed by atoms with van der Waals surface area (Å²) in [7, 11) is 4.26. The average Bonchev–Trinajstić information content (AvgIpc) is 3.34. The highest BCUT2D eigenvalue weighted by Gasteiger charge is 2.25. The van der Waals surface area contributed by atoms with Crippen LogP contribution in [-0.4, -0.2) is 65.5 Å². The van der Waals surface area contributed by atoms with Gasteiger partial charge in [0, 0.05) is 37.4 Å². The number of benzene rings is 1. The van der Waals surface area contributed by atoms with Crippen LogP contribution in [0.3, 0.4) is 0 Å². The SMILES string of the molecule is CCNC(=O)c1ccccc1Nc1nc(Nc2ccc(N3CC[C@H](N(C)C)C3)nc2C)ncc1C. The van der Waals surface area contributed by atoms with Crippen molar-refractivity contribution in [3.05, 3.63) is 59.4 Å². The number of aryl methyl sites for hydroxylation is 2. The fourth-order valence-electron chi connectivity index (χ4n) is 4.15. The number of carbonyl (C=O) groups excluding carboxylic acids is 1. The zero-order valence-corrected chi connectivity index (χ0v) is 21.1. The molecular weight excluding hydrogens is 440 g/mol. The summed E-state index contributed by atoms with van der Waals surface area (Å²) in [4.78, 5) is 31.0. The van der Waals surface area contributed by atoms with Gasteiger partial charge in [0.1, 0.15) is 11.6 Å². The molecule has 1 aliphatic heterocycles. The summed E-state index contributed by atoms with van der Waals surface area (Å²) in [6.45, 7) is 8.38. The van der Waals surface area contributed by atoms with Gasteiger partial charge in [-0.2, -0.15) is 4.98 Å². The summed E-state index contributed by atoms with van der Waals surface area (Å²) >= 11 is 0. The second-order valence-electron chi connectivity index (χ2n) is 9.03. The molecule has 184 valence electrons. The van der Waals surface area contributed by atoms with Crippen molar-refractivity contribution in [2.45, 2.75) is 33.2 Å². The molecule has 9 nitrogen and oxygen atoms in total. The number of nitrogens with one attached hydrogen (secondary N) is 3. The third-order valence-corrected chi connectivity index (χ3v) is 6.27. The maximum absolute atomic E-state index is 12.5. The maximum Gasteiger partial charge on any atom is 0.253 e. The lowest BCUT2D eigenvalue weighted by molar-refractivity contribution is 0.0956. The highest BCUT2D eigenvalue weighted by Crippen LogP contribution is 2.27. The van der Waals surface area contributed by atoms with Gasteiger partial charge in [0.2, 0.25) is 5.95 Å². The molecule has 0 aliphatic carbocycles. The first-order chi connectivity index (χ1) is 16.9. The maximum atomic E-state index is 12.5. The molecule has 1 atom stereocenters. The van der Waals surface area contributed by atoms with Crippen molar-refractivity contribution < 1.29 is 4.79 Å². The summed E-state index contributed by atoms with van der Waals surface area (Å²) in [6, 6.07) is 12.0. The second-order valence-corrected chi connectivity index (χ2v) is 9.03. The van der Waals surface area contributed by atoms with Crippen molar-refractivity contribution in [3.8, 4) is 0 Å². The van der Waals surface area contributed by atoms with E-state index in [2.05, 4.69) is 49.8 Å². The Labute approximate surface area is 207 Å². The van der Waals surface area contributed by atoms with Gasteiger partial charge in [0.25, 0.3) is 5.91 Å². The van der Waals surface area contributed by atoms with Crippen LogP contribution in [0.2, 0.25) is 0 Å². The number of amides is 1. The van der Waals surface area contributed by atoms with E-state index in [4.69, 9.17) is 4.98 Å². The molecule has 35 heavy (non-hydrogen) atoms. The lowest BCUT2D eigenvalue weighted by Crippen LogP contribution is -2.31. The number of hydrogen-bond acceptors (Lipinski definition) is 8. The van der Waals surface area contributed by atoms with Crippen LogP contribution in [0.1, 0.15) is 35.0 Å². The largest absolute Gasteiger partial charge is 0.355 e. The highest BCUT2D eigenvalue weighted by molar-refractivity contribution is 6.00. The standard InChI is InChI=1S/C26H34N8O/c1-6-27-25(35)20-9-7-8-10-22(20)30-24-17(2)15-28-26(32-24)31-21-11-12-23(29-18(21)3)34-14-13-19(16-34)33(4)5/h7-12,15,19H,6,13-14,16H2,1-5H3,(H,27,35)(H2,28,30,31,32)/t19-/m0/s1. The van der Waals surface area contributed by atoms with Gasteiger partial charge in [-0.3, -0.25) is 4.79 Å². The molecule has 0 bridgehead atoms. The minimum absolute atomic E-state index is 0.127. The van der Waals surface area contributed by atoms with Crippen LogP contribution in [0.4, 0.5) is 29.0 Å². The molecule has 0 saturated carbocycles. The van der Waals surface area contributed by atoms with E-state index in [0.29, 0.717) is 35.6 Å². The Bertz CT molecular complexity index is 1200. The van der Waals surface area contributed by atoms with Gasteiger partial charge in [-0.25, -0.2) is 9.97 Å². The molecule has 3 N–H and O–H groups in total. The monoisotopic (exact) mass is 474 g/mol. The number of para-hydroxylation sites is 1.